The highest BCUT2D eigenvalue weighted by Crippen LogP contribution is 2.41. The molecule has 2 bridgehead atoms. The van der Waals surface area contributed by atoms with Gasteiger partial charge in [0.1, 0.15) is 5.82 Å². The van der Waals surface area contributed by atoms with Gasteiger partial charge in [0, 0.05) is 12.0 Å². The molecule has 1 aromatic carbocycles. The van der Waals surface area contributed by atoms with Crippen molar-refractivity contribution in [1.29, 1.82) is 0 Å². The van der Waals surface area contributed by atoms with E-state index in [1.54, 1.807) is 6.07 Å². The number of likely N-dealkylation sites (N-methyl/N-ethyl adjacent to an activating group) is 1. The fourth-order valence-corrected chi connectivity index (χ4v) is 3.66. The fourth-order valence-electron chi connectivity index (χ4n) is 3.66. The summed E-state index contributed by atoms with van der Waals surface area (Å²) < 4.78 is 19.3. The van der Waals surface area contributed by atoms with Crippen LogP contribution in [0.5, 0.6) is 0 Å². The molecule has 0 radical (unpaired) electrons. The van der Waals surface area contributed by atoms with Crippen molar-refractivity contribution in [2.45, 2.75) is 50.9 Å². The number of hydrogen-bond donors (Lipinski definition) is 1. The molecule has 4 atom stereocenters. The molecule has 2 aliphatic rings. The van der Waals surface area contributed by atoms with Gasteiger partial charge < -0.3 is 10.1 Å². The Morgan fingerprint density at radius 1 is 1.42 bits per heavy atom. The van der Waals surface area contributed by atoms with Gasteiger partial charge in [-0.1, -0.05) is 6.07 Å². The summed E-state index contributed by atoms with van der Waals surface area (Å²) >= 11 is 0. The highest BCUT2D eigenvalue weighted by molar-refractivity contribution is 5.27. The Morgan fingerprint density at radius 3 is 2.89 bits per heavy atom. The van der Waals surface area contributed by atoms with Gasteiger partial charge >= 0.3 is 0 Å². The van der Waals surface area contributed by atoms with E-state index in [1.807, 2.05) is 13.1 Å². The molecule has 3 heteroatoms. The molecule has 2 saturated heterocycles. The van der Waals surface area contributed by atoms with Crippen LogP contribution < -0.4 is 5.32 Å². The van der Waals surface area contributed by atoms with Gasteiger partial charge in [-0.05, 0) is 62.9 Å². The smallest absolute Gasteiger partial charge is 0.123 e. The summed E-state index contributed by atoms with van der Waals surface area (Å²) in [4.78, 5) is 0. The van der Waals surface area contributed by atoms with Crippen molar-refractivity contribution < 1.29 is 9.13 Å². The Balaban J connectivity index is 1.74. The van der Waals surface area contributed by atoms with Gasteiger partial charge in [0.15, 0.2) is 0 Å². The van der Waals surface area contributed by atoms with E-state index < -0.39 is 0 Å². The Labute approximate surface area is 114 Å². The quantitative estimate of drug-likeness (QED) is 0.902. The zero-order valence-electron chi connectivity index (χ0n) is 11.7. The minimum atomic E-state index is -0.139. The molecule has 3 rings (SSSR count). The molecule has 1 N–H and O–H groups in total. The first-order valence-corrected chi connectivity index (χ1v) is 7.25. The third kappa shape index (κ3) is 2.54. The molecule has 0 amide bonds. The lowest BCUT2D eigenvalue weighted by molar-refractivity contribution is 0.0863. The minimum Gasteiger partial charge on any atom is -0.375 e. The first-order valence-electron chi connectivity index (χ1n) is 7.25. The molecule has 0 spiro atoms. The van der Waals surface area contributed by atoms with Crippen molar-refractivity contribution in [3.63, 3.8) is 0 Å². The topological polar surface area (TPSA) is 21.3 Å². The van der Waals surface area contributed by atoms with Crippen LogP contribution in [0.3, 0.4) is 0 Å². The Hall–Kier alpha value is -0.930. The summed E-state index contributed by atoms with van der Waals surface area (Å²) in [5, 5.41) is 3.42. The van der Waals surface area contributed by atoms with Crippen molar-refractivity contribution >= 4 is 0 Å². The zero-order valence-corrected chi connectivity index (χ0v) is 11.7. The molecular formula is C16H22FNO. The van der Waals surface area contributed by atoms with E-state index in [1.165, 1.54) is 24.5 Å². The van der Waals surface area contributed by atoms with E-state index in [9.17, 15) is 4.39 Å². The monoisotopic (exact) mass is 263 g/mol. The molecule has 2 heterocycles. The zero-order chi connectivity index (χ0) is 13.4. The first-order chi connectivity index (χ1) is 9.17. The normalized spacial score (nSPS) is 30.8. The van der Waals surface area contributed by atoms with Crippen LogP contribution in [0.2, 0.25) is 0 Å². The van der Waals surface area contributed by atoms with Crippen LogP contribution in [0.25, 0.3) is 0 Å². The maximum absolute atomic E-state index is 13.4. The number of benzene rings is 1. The third-order valence-corrected chi connectivity index (χ3v) is 4.79. The molecule has 1 aromatic rings. The highest BCUT2D eigenvalue weighted by Gasteiger charge is 2.43. The van der Waals surface area contributed by atoms with E-state index in [0.717, 1.165) is 18.4 Å². The van der Waals surface area contributed by atoms with Gasteiger partial charge in [0.2, 0.25) is 0 Å². The van der Waals surface area contributed by atoms with Gasteiger partial charge in [-0.2, -0.15) is 0 Å². The molecule has 104 valence electrons. The Morgan fingerprint density at radius 2 is 2.26 bits per heavy atom. The van der Waals surface area contributed by atoms with E-state index in [2.05, 4.69) is 12.2 Å². The third-order valence-electron chi connectivity index (χ3n) is 4.79. The number of nitrogens with one attached hydrogen (secondary N) is 1. The van der Waals surface area contributed by atoms with E-state index in [4.69, 9.17) is 4.74 Å². The number of fused-ring (bicyclic) bond motifs is 2. The SMILES string of the molecule is CNC(Cc1cc(F)ccc1C)C1CC2CCC1O2. The number of halogens is 1. The molecule has 0 saturated carbocycles. The van der Waals surface area contributed by atoms with E-state index >= 15 is 0 Å². The molecule has 19 heavy (non-hydrogen) atoms. The summed E-state index contributed by atoms with van der Waals surface area (Å²) in [6.45, 7) is 2.05. The predicted molar refractivity (Wildman–Crippen MR) is 73.7 cm³/mol. The molecule has 0 aliphatic carbocycles. The number of hydrogen-bond acceptors (Lipinski definition) is 2. The van der Waals surface area contributed by atoms with Crippen LogP contribution in [-0.4, -0.2) is 25.3 Å². The minimum absolute atomic E-state index is 0.139. The summed E-state index contributed by atoms with van der Waals surface area (Å²) in [5.41, 5.74) is 2.29. The standard InChI is InChI=1S/C16H22FNO/c1-10-3-4-12(17)7-11(10)8-15(18-2)14-9-13-5-6-16(14)19-13/h3-4,7,13-16,18H,5-6,8-9H2,1-2H3. The number of aryl methyl sites for hydroxylation is 1. The first kappa shape index (κ1) is 13.1. The largest absolute Gasteiger partial charge is 0.375 e. The lowest BCUT2D eigenvalue weighted by Gasteiger charge is -2.28. The van der Waals surface area contributed by atoms with Crippen LogP contribution in [0.1, 0.15) is 30.4 Å². The molecule has 2 nitrogen and oxygen atoms in total. The van der Waals surface area contributed by atoms with Crippen molar-refractivity contribution in [3.8, 4) is 0 Å². The average molecular weight is 263 g/mol. The molecule has 2 fully saturated rings. The second-order valence-corrected chi connectivity index (χ2v) is 5.94. The molecular weight excluding hydrogens is 241 g/mol. The van der Waals surface area contributed by atoms with Gasteiger partial charge in [-0.15, -0.1) is 0 Å². The Bertz CT molecular complexity index is 462. The van der Waals surface area contributed by atoms with Crippen molar-refractivity contribution in [2.24, 2.45) is 5.92 Å². The second kappa shape index (κ2) is 5.22. The van der Waals surface area contributed by atoms with Crippen molar-refractivity contribution in [1.82, 2.24) is 5.32 Å². The number of ether oxygens (including phenoxy) is 1. The fraction of sp³-hybridized carbons (Fsp3) is 0.625. The number of rotatable bonds is 4. The molecule has 0 aromatic heterocycles. The maximum Gasteiger partial charge on any atom is 0.123 e. The van der Waals surface area contributed by atoms with Crippen molar-refractivity contribution in [3.05, 3.63) is 35.1 Å². The lowest BCUT2D eigenvalue weighted by atomic mass is 9.81. The Kier molecular flexibility index (Phi) is 3.59. The van der Waals surface area contributed by atoms with Crippen LogP contribution in [0.4, 0.5) is 4.39 Å². The molecule has 4 unspecified atom stereocenters. The molecule has 2 aliphatic heterocycles. The lowest BCUT2D eigenvalue weighted by Crippen LogP contribution is -2.40. The highest BCUT2D eigenvalue weighted by atomic mass is 19.1. The van der Waals surface area contributed by atoms with Gasteiger partial charge in [-0.3, -0.25) is 0 Å². The average Bonchev–Trinajstić information content (AvgIpc) is 3.02. The summed E-state index contributed by atoms with van der Waals surface area (Å²) in [6.07, 6.45) is 5.34. The van der Waals surface area contributed by atoms with Crippen LogP contribution in [0.15, 0.2) is 18.2 Å². The van der Waals surface area contributed by atoms with Gasteiger partial charge in [0.05, 0.1) is 12.2 Å². The summed E-state index contributed by atoms with van der Waals surface area (Å²) in [5.74, 6) is 0.436. The predicted octanol–water partition coefficient (Wildman–Crippen LogP) is 2.83. The van der Waals surface area contributed by atoms with Crippen LogP contribution in [0, 0.1) is 18.7 Å². The van der Waals surface area contributed by atoms with Crippen LogP contribution >= 0.6 is 0 Å². The van der Waals surface area contributed by atoms with Gasteiger partial charge in [0.25, 0.3) is 0 Å². The van der Waals surface area contributed by atoms with E-state index in [-0.39, 0.29) is 5.82 Å². The van der Waals surface area contributed by atoms with Crippen LogP contribution in [-0.2, 0) is 11.2 Å². The van der Waals surface area contributed by atoms with Crippen molar-refractivity contribution in [2.75, 3.05) is 7.05 Å². The van der Waals surface area contributed by atoms with E-state index in [0.29, 0.717) is 24.2 Å². The maximum atomic E-state index is 13.4. The summed E-state index contributed by atoms with van der Waals surface area (Å²) in [7, 11) is 2.01. The van der Waals surface area contributed by atoms with Gasteiger partial charge in [-0.25, -0.2) is 4.39 Å². The second-order valence-electron chi connectivity index (χ2n) is 5.94. The summed E-state index contributed by atoms with van der Waals surface area (Å²) in [6, 6.07) is 5.46.